The molecule has 52 heavy (non-hydrogen) atoms. The van der Waals surface area contributed by atoms with Crippen LogP contribution in [0.5, 0.6) is 11.5 Å². The van der Waals surface area contributed by atoms with Crippen LogP contribution in [0, 0.1) is 30.6 Å². The number of aromatic carboxylic acids is 1. The van der Waals surface area contributed by atoms with E-state index in [2.05, 4.69) is 5.43 Å². The summed E-state index contributed by atoms with van der Waals surface area (Å²) in [5.41, 5.74) is 5.10. The van der Waals surface area contributed by atoms with Crippen molar-refractivity contribution < 1.29 is 38.9 Å². The first-order valence-corrected chi connectivity index (χ1v) is 17.1. The van der Waals surface area contributed by atoms with Crippen molar-refractivity contribution in [2.45, 2.75) is 31.1 Å². The van der Waals surface area contributed by atoms with E-state index in [-0.39, 0.29) is 29.8 Å². The number of phenols is 1. The van der Waals surface area contributed by atoms with Gasteiger partial charge >= 0.3 is 5.97 Å². The summed E-state index contributed by atoms with van der Waals surface area (Å²) >= 11 is 0. The number of amides is 4. The van der Waals surface area contributed by atoms with Crippen molar-refractivity contribution in [1.29, 1.82) is 0 Å². The largest absolute Gasteiger partial charge is 0.508 e. The zero-order chi connectivity index (χ0) is 36.5. The molecule has 2 aliphatic carbocycles. The molecule has 4 amide bonds. The number of imide groups is 2. The van der Waals surface area contributed by atoms with E-state index in [9.17, 15) is 29.4 Å². The molecule has 4 aromatic carbocycles. The molecule has 3 N–H and O–H groups in total. The average Bonchev–Trinajstić information content (AvgIpc) is 3.53. The second-order valence-corrected chi connectivity index (χ2v) is 13.9. The Morgan fingerprint density at radius 1 is 0.865 bits per heavy atom. The first-order chi connectivity index (χ1) is 25.1. The normalized spacial score (nSPS) is 26.4. The molecular weight excluding hydrogens is 662 g/mol. The van der Waals surface area contributed by atoms with Crippen LogP contribution >= 0.6 is 0 Å². The lowest BCUT2D eigenvalue weighted by atomic mass is 9.49. The number of carboxylic acids is 1. The van der Waals surface area contributed by atoms with E-state index in [0.717, 1.165) is 21.0 Å². The zero-order valence-corrected chi connectivity index (χ0v) is 28.4. The van der Waals surface area contributed by atoms with Crippen molar-refractivity contribution in [1.82, 2.24) is 5.01 Å². The monoisotopic (exact) mass is 697 g/mol. The summed E-state index contributed by atoms with van der Waals surface area (Å²) in [4.78, 5) is 71.5. The molecule has 4 aliphatic rings. The number of anilines is 2. The Balaban J connectivity index is 1.32. The second kappa shape index (κ2) is 12.2. The fraction of sp³-hybridized carbons (Fsp3) is 0.244. The summed E-state index contributed by atoms with van der Waals surface area (Å²) < 4.78 is 5.82. The van der Waals surface area contributed by atoms with E-state index in [4.69, 9.17) is 4.74 Å². The molecule has 4 aromatic rings. The Morgan fingerprint density at radius 2 is 1.62 bits per heavy atom. The number of aryl methyl sites for hydroxylation is 1. The summed E-state index contributed by atoms with van der Waals surface area (Å²) in [6.07, 6.45) is 2.22. The van der Waals surface area contributed by atoms with E-state index in [1.165, 1.54) is 43.5 Å². The van der Waals surface area contributed by atoms with Gasteiger partial charge in [-0.3, -0.25) is 29.5 Å². The van der Waals surface area contributed by atoms with Crippen LogP contribution in [0.15, 0.2) is 109 Å². The SMILES string of the molecule is COc1cc(O)ccc1C1C2=CCC3C(=O)N(c4cccc(C(=O)O)c4)C(=O)C3C2CC2C(=O)N(Nc3ccc(C)cc3)C(=O)C21c1ccccc1. The first-order valence-electron chi connectivity index (χ1n) is 17.1. The number of benzene rings is 4. The number of nitrogens with zero attached hydrogens (tertiary/aromatic N) is 2. The highest BCUT2D eigenvalue weighted by Gasteiger charge is 2.70. The number of hydrogen-bond acceptors (Lipinski definition) is 8. The highest BCUT2D eigenvalue weighted by Crippen LogP contribution is 2.65. The van der Waals surface area contributed by atoms with Crippen LogP contribution in [0.4, 0.5) is 11.4 Å². The second-order valence-electron chi connectivity index (χ2n) is 13.9. The van der Waals surface area contributed by atoms with Crippen LogP contribution in [0.1, 0.15) is 45.8 Å². The number of phenolic OH excluding ortho intramolecular Hbond substituents is 1. The van der Waals surface area contributed by atoms with Crippen LogP contribution in [-0.4, -0.2) is 51.9 Å². The van der Waals surface area contributed by atoms with E-state index in [1.54, 1.807) is 18.2 Å². The van der Waals surface area contributed by atoms with Crippen molar-refractivity contribution >= 4 is 41.0 Å². The molecule has 0 bridgehead atoms. The number of carbonyl (C=O) groups is 5. The fourth-order valence-corrected chi connectivity index (χ4v) is 9.06. The van der Waals surface area contributed by atoms with Gasteiger partial charge in [0.1, 0.15) is 11.5 Å². The Morgan fingerprint density at radius 3 is 2.33 bits per heavy atom. The van der Waals surface area contributed by atoms with Gasteiger partial charge in [-0.25, -0.2) is 4.79 Å². The number of methoxy groups -OCH3 is 1. The van der Waals surface area contributed by atoms with Crippen LogP contribution in [0.2, 0.25) is 0 Å². The average molecular weight is 698 g/mol. The molecule has 262 valence electrons. The van der Waals surface area contributed by atoms with Gasteiger partial charge in [-0.15, -0.1) is 0 Å². The summed E-state index contributed by atoms with van der Waals surface area (Å²) in [5, 5.41) is 21.2. The molecule has 11 nitrogen and oxygen atoms in total. The Bertz CT molecular complexity index is 2200. The number of fused-ring (bicyclic) bond motifs is 4. The smallest absolute Gasteiger partial charge is 0.335 e. The van der Waals surface area contributed by atoms with Crippen molar-refractivity contribution in [3.63, 3.8) is 0 Å². The van der Waals surface area contributed by atoms with Crippen molar-refractivity contribution in [2.75, 3.05) is 17.4 Å². The Labute approximate surface area is 299 Å². The molecule has 6 unspecified atom stereocenters. The third-order valence-corrected chi connectivity index (χ3v) is 11.3. The number of carbonyl (C=O) groups excluding carboxylic acids is 4. The lowest BCUT2D eigenvalue weighted by Crippen LogP contribution is -2.53. The standard InChI is InChI=1S/C41H35N3O8/c1-22-11-13-25(14-12-22)42-44-37(47)32-21-31-28(17-18-30-34(31)38(48)43(36(30)46)26-10-6-7-23(19-26)39(49)50)35(29-16-15-27(45)20-33(29)52-2)41(32,40(44)51)24-8-4-3-5-9-24/h3-17,19-20,30-32,34-35,42,45H,18,21H2,1-2H3,(H,49,50). The summed E-state index contributed by atoms with van der Waals surface area (Å²) in [7, 11) is 1.46. The first kappa shape index (κ1) is 32.9. The molecule has 8 rings (SSSR count). The molecule has 2 aliphatic heterocycles. The van der Waals surface area contributed by atoms with E-state index >= 15 is 4.79 Å². The Hall–Kier alpha value is -6.23. The van der Waals surface area contributed by atoms with E-state index < -0.39 is 64.6 Å². The summed E-state index contributed by atoms with van der Waals surface area (Å²) in [5.74, 6) is -6.89. The molecule has 6 atom stereocenters. The maximum absolute atomic E-state index is 15.3. The number of allylic oxidation sites excluding steroid dienone is 2. The molecule has 11 heteroatoms. The van der Waals surface area contributed by atoms with Crippen LogP contribution < -0.4 is 15.1 Å². The number of rotatable bonds is 7. The van der Waals surface area contributed by atoms with E-state index in [1.807, 2.05) is 55.5 Å². The third kappa shape index (κ3) is 4.75. The minimum absolute atomic E-state index is 0.0525. The van der Waals surface area contributed by atoms with Crippen molar-refractivity contribution in [3.05, 3.63) is 131 Å². The van der Waals surface area contributed by atoms with Gasteiger partial charge in [0.15, 0.2) is 0 Å². The van der Waals surface area contributed by atoms with Crippen molar-refractivity contribution in [2.24, 2.45) is 23.7 Å². The predicted molar refractivity (Wildman–Crippen MR) is 189 cm³/mol. The van der Waals surface area contributed by atoms with Gasteiger partial charge in [-0.1, -0.05) is 71.8 Å². The number of ether oxygens (including phenoxy) is 1. The third-order valence-electron chi connectivity index (χ3n) is 11.3. The molecule has 1 saturated carbocycles. The molecule has 0 aromatic heterocycles. The number of aromatic hydroxyl groups is 1. The summed E-state index contributed by atoms with van der Waals surface area (Å²) in [6, 6.07) is 26.9. The number of hydrazine groups is 1. The molecule has 2 saturated heterocycles. The zero-order valence-electron chi connectivity index (χ0n) is 28.4. The predicted octanol–water partition coefficient (Wildman–Crippen LogP) is 5.60. The summed E-state index contributed by atoms with van der Waals surface area (Å²) in [6.45, 7) is 1.94. The van der Waals surface area contributed by atoms with Crippen LogP contribution in [-0.2, 0) is 24.6 Å². The van der Waals surface area contributed by atoms with E-state index in [0.29, 0.717) is 22.6 Å². The van der Waals surface area contributed by atoms with Gasteiger partial charge in [0.05, 0.1) is 47.2 Å². The molecule has 2 heterocycles. The quantitative estimate of drug-likeness (QED) is 0.166. The Kier molecular flexibility index (Phi) is 7.74. The van der Waals surface area contributed by atoms with Gasteiger partial charge in [0.2, 0.25) is 11.8 Å². The van der Waals surface area contributed by atoms with Gasteiger partial charge in [0, 0.05) is 17.5 Å². The highest BCUT2D eigenvalue weighted by molar-refractivity contribution is 6.23. The highest BCUT2D eigenvalue weighted by atomic mass is 16.5. The van der Waals surface area contributed by atoms with Gasteiger partial charge in [0.25, 0.3) is 11.8 Å². The lowest BCUT2D eigenvalue weighted by Gasteiger charge is -2.50. The van der Waals surface area contributed by atoms with Gasteiger partial charge in [-0.05, 0) is 67.6 Å². The molecule has 0 spiro atoms. The molecule has 0 radical (unpaired) electrons. The number of carboxylic acid groups (broad SMARTS) is 1. The van der Waals surface area contributed by atoms with Crippen LogP contribution in [0.3, 0.4) is 0 Å². The number of hydrogen-bond donors (Lipinski definition) is 3. The minimum Gasteiger partial charge on any atom is -0.508 e. The van der Waals surface area contributed by atoms with Crippen LogP contribution in [0.25, 0.3) is 0 Å². The van der Waals surface area contributed by atoms with Crippen molar-refractivity contribution in [3.8, 4) is 11.5 Å². The lowest BCUT2D eigenvalue weighted by molar-refractivity contribution is -0.138. The van der Waals surface area contributed by atoms with Gasteiger partial charge < -0.3 is 14.9 Å². The maximum atomic E-state index is 15.3. The molecule has 3 fully saturated rings. The van der Waals surface area contributed by atoms with Gasteiger partial charge in [-0.2, -0.15) is 5.01 Å². The maximum Gasteiger partial charge on any atom is 0.335 e. The number of nitrogens with one attached hydrogen (secondary N) is 1. The topological polar surface area (TPSA) is 154 Å². The fourth-order valence-electron chi connectivity index (χ4n) is 9.06. The molecular formula is C41H35N3O8. The minimum atomic E-state index is -1.50.